The molecule has 7 nitrogen and oxygen atoms in total. The third-order valence-electron chi connectivity index (χ3n) is 4.58. The van der Waals surface area contributed by atoms with E-state index in [-0.39, 0.29) is 23.9 Å². The summed E-state index contributed by atoms with van der Waals surface area (Å²) in [5.74, 6) is -0.142. The molecule has 0 fully saturated rings. The van der Waals surface area contributed by atoms with Crippen LogP contribution in [0, 0.1) is 6.92 Å². The zero-order valence-electron chi connectivity index (χ0n) is 16.5. The molecular weight excluding hydrogens is 392 g/mol. The fourth-order valence-corrected chi connectivity index (χ4v) is 3.62. The van der Waals surface area contributed by atoms with Crippen LogP contribution < -0.4 is 9.61 Å². The Morgan fingerprint density at radius 3 is 2.55 bits per heavy atom. The van der Waals surface area contributed by atoms with Gasteiger partial charge >= 0.3 is 10.8 Å². The number of hydrogen-bond acceptors (Lipinski definition) is 6. The molecule has 1 amide bonds. The first-order valence-corrected chi connectivity index (χ1v) is 9.86. The van der Waals surface area contributed by atoms with E-state index in [2.05, 4.69) is 0 Å². The van der Waals surface area contributed by atoms with E-state index in [9.17, 15) is 14.4 Å². The Bertz CT molecular complexity index is 1100. The first kappa shape index (κ1) is 20.6. The summed E-state index contributed by atoms with van der Waals surface area (Å²) in [6, 6.07) is 11.7. The van der Waals surface area contributed by atoms with Gasteiger partial charge in [-0.15, -0.1) is 0 Å². The SMILES string of the molecule is COc1ccc2cc(CN(C)C(=O)COC(=O)Cn3c(C)csc3=O)ccc2c1. The number of nitrogens with zero attached hydrogens (tertiary/aromatic N) is 2. The highest BCUT2D eigenvalue weighted by Gasteiger charge is 2.15. The molecule has 2 aromatic carbocycles. The zero-order chi connectivity index (χ0) is 21.0. The lowest BCUT2D eigenvalue weighted by atomic mass is 10.1. The first-order valence-electron chi connectivity index (χ1n) is 8.98. The summed E-state index contributed by atoms with van der Waals surface area (Å²) in [6.07, 6.45) is 0. The van der Waals surface area contributed by atoms with E-state index < -0.39 is 5.97 Å². The van der Waals surface area contributed by atoms with Crippen molar-refractivity contribution in [3.05, 3.63) is 62.7 Å². The lowest BCUT2D eigenvalue weighted by Gasteiger charge is -2.17. The van der Waals surface area contributed by atoms with Crippen molar-refractivity contribution in [1.82, 2.24) is 9.47 Å². The van der Waals surface area contributed by atoms with E-state index >= 15 is 0 Å². The van der Waals surface area contributed by atoms with Crippen LogP contribution in [0.5, 0.6) is 5.75 Å². The highest BCUT2D eigenvalue weighted by Crippen LogP contribution is 2.22. The summed E-state index contributed by atoms with van der Waals surface area (Å²) < 4.78 is 11.6. The zero-order valence-corrected chi connectivity index (χ0v) is 17.3. The second-order valence-electron chi connectivity index (χ2n) is 6.69. The largest absolute Gasteiger partial charge is 0.497 e. The summed E-state index contributed by atoms with van der Waals surface area (Å²) in [6.45, 7) is 1.57. The molecule has 0 atom stereocenters. The number of carbonyl (C=O) groups excluding carboxylic acids is 2. The summed E-state index contributed by atoms with van der Waals surface area (Å²) >= 11 is 1.02. The number of aromatic nitrogens is 1. The van der Waals surface area contributed by atoms with Crippen LogP contribution in [0.3, 0.4) is 0 Å². The Kier molecular flexibility index (Phi) is 6.33. The molecule has 0 saturated carbocycles. The molecule has 1 heterocycles. The molecule has 0 aliphatic carbocycles. The summed E-state index contributed by atoms with van der Waals surface area (Å²) in [5.41, 5.74) is 1.65. The van der Waals surface area contributed by atoms with E-state index in [1.165, 1.54) is 9.47 Å². The Labute approximate surface area is 172 Å². The molecule has 152 valence electrons. The molecule has 0 aliphatic rings. The van der Waals surface area contributed by atoms with Crippen molar-refractivity contribution in [1.29, 1.82) is 0 Å². The molecule has 3 aromatic rings. The normalized spacial score (nSPS) is 10.7. The van der Waals surface area contributed by atoms with E-state index in [4.69, 9.17) is 9.47 Å². The molecular formula is C21H22N2O5S. The van der Waals surface area contributed by atoms with Gasteiger partial charge in [-0.25, -0.2) is 0 Å². The van der Waals surface area contributed by atoms with Crippen LogP contribution in [0.4, 0.5) is 0 Å². The molecule has 0 bridgehead atoms. The predicted molar refractivity (Wildman–Crippen MR) is 111 cm³/mol. The maximum atomic E-state index is 12.3. The Morgan fingerprint density at radius 2 is 1.86 bits per heavy atom. The van der Waals surface area contributed by atoms with Gasteiger partial charge in [0.2, 0.25) is 0 Å². The van der Waals surface area contributed by atoms with Crippen molar-refractivity contribution < 1.29 is 19.1 Å². The molecule has 0 N–H and O–H groups in total. The average molecular weight is 414 g/mol. The molecule has 0 saturated heterocycles. The van der Waals surface area contributed by atoms with E-state index in [1.807, 2.05) is 36.4 Å². The topological polar surface area (TPSA) is 77.8 Å². The molecule has 3 rings (SSSR count). The molecule has 0 spiro atoms. The van der Waals surface area contributed by atoms with Crippen molar-refractivity contribution in [2.24, 2.45) is 0 Å². The highest BCUT2D eigenvalue weighted by atomic mass is 32.1. The van der Waals surface area contributed by atoms with E-state index in [0.717, 1.165) is 33.4 Å². The van der Waals surface area contributed by atoms with Crippen molar-refractivity contribution >= 4 is 34.0 Å². The minimum atomic E-state index is -0.616. The van der Waals surface area contributed by atoms with Gasteiger partial charge in [0.15, 0.2) is 6.61 Å². The highest BCUT2D eigenvalue weighted by molar-refractivity contribution is 7.07. The van der Waals surface area contributed by atoms with Gasteiger partial charge in [0, 0.05) is 24.7 Å². The van der Waals surface area contributed by atoms with E-state index in [1.54, 1.807) is 26.5 Å². The van der Waals surface area contributed by atoms with E-state index in [0.29, 0.717) is 12.2 Å². The summed E-state index contributed by atoms with van der Waals surface area (Å²) in [4.78, 5) is 37.2. The van der Waals surface area contributed by atoms with Gasteiger partial charge < -0.3 is 14.4 Å². The average Bonchev–Trinajstić information content (AvgIpc) is 3.03. The Morgan fingerprint density at radius 1 is 1.14 bits per heavy atom. The Balaban J connectivity index is 1.55. The number of rotatable bonds is 7. The predicted octanol–water partition coefficient (Wildman–Crippen LogP) is 2.58. The third-order valence-corrected chi connectivity index (χ3v) is 5.46. The number of methoxy groups -OCH3 is 1. The standard InChI is InChI=1S/C21H22N2O5S/c1-14-13-29-21(26)23(14)11-20(25)28-12-19(24)22(2)10-15-4-5-17-9-18(27-3)7-6-16(17)8-15/h4-9,13H,10-12H2,1-3H3. The van der Waals surface area contributed by atoms with Gasteiger partial charge in [-0.2, -0.15) is 0 Å². The minimum absolute atomic E-state index is 0.195. The van der Waals surface area contributed by atoms with Crippen LogP contribution in [-0.2, 0) is 27.4 Å². The molecule has 0 radical (unpaired) electrons. The van der Waals surface area contributed by atoms with Gasteiger partial charge in [0.25, 0.3) is 5.91 Å². The second kappa shape index (κ2) is 8.91. The van der Waals surface area contributed by atoms with Crippen LogP contribution in [0.1, 0.15) is 11.3 Å². The number of amides is 1. The third kappa shape index (κ3) is 5.03. The van der Waals surface area contributed by atoms with Gasteiger partial charge in [0.05, 0.1) is 7.11 Å². The van der Waals surface area contributed by atoms with Gasteiger partial charge in [-0.1, -0.05) is 29.5 Å². The smallest absolute Gasteiger partial charge is 0.326 e. The number of carbonyl (C=O) groups is 2. The lowest BCUT2D eigenvalue weighted by Crippen LogP contribution is -2.32. The van der Waals surface area contributed by atoms with Crippen LogP contribution in [0.2, 0.25) is 0 Å². The molecule has 1 aromatic heterocycles. The van der Waals surface area contributed by atoms with Gasteiger partial charge in [-0.05, 0) is 41.5 Å². The van der Waals surface area contributed by atoms with Gasteiger partial charge in [-0.3, -0.25) is 19.0 Å². The van der Waals surface area contributed by atoms with Crippen molar-refractivity contribution in [2.75, 3.05) is 20.8 Å². The minimum Gasteiger partial charge on any atom is -0.497 e. The molecule has 0 unspecified atom stereocenters. The van der Waals surface area contributed by atoms with Crippen LogP contribution in [-0.4, -0.2) is 42.1 Å². The Hall–Kier alpha value is -3.13. The van der Waals surface area contributed by atoms with Crippen LogP contribution in [0.15, 0.2) is 46.6 Å². The number of hydrogen-bond donors (Lipinski definition) is 0. The number of likely N-dealkylation sites (N-methyl/N-ethyl adjacent to an activating group) is 1. The number of esters is 1. The molecule has 8 heteroatoms. The number of thiazole rings is 1. The lowest BCUT2D eigenvalue weighted by molar-refractivity contribution is -0.152. The first-order chi connectivity index (χ1) is 13.9. The van der Waals surface area contributed by atoms with Crippen molar-refractivity contribution in [3.63, 3.8) is 0 Å². The van der Waals surface area contributed by atoms with Crippen LogP contribution >= 0.6 is 11.3 Å². The maximum absolute atomic E-state index is 12.3. The van der Waals surface area contributed by atoms with Crippen molar-refractivity contribution in [3.8, 4) is 5.75 Å². The monoisotopic (exact) mass is 414 g/mol. The molecule has 29 heavy (non-hydrogen) atoms. The fraction of sp³-hybridized carbons (Fsp3) is 0.286. The van der Waals surface area contributed by atoms with Crippen molar-refractivity contribution in [2.45, 2.75) is 20.0 Å². The summed E-state index contributed by atoms with van der Waals surface area (Å²) in [7, 11) is 3.28. The molecule has 0 aliphatic heterocycles. The maximum Gasteiger partial charge on any atom is 0.326 e. The number of aryl methyl sites for hydroxylation is 1. The second-order valence-corrected chi connectivity index (χ2v) is 7.51. The fourth-order valence-electron chi connectivity index (χ4n) is 2.88. The number of ether oxygens (including phenoxy) is 2. The van der Waals surface area contributed by atoms with Crippen LogP contribution in [0.25, 0.3) is 10.8 Å². The number of benzene rings is 2. The summed E-state index contributed by atoms with van der Waals surface area (Å²) in [5, 5.41) is 3.77. The van der Waals surface area contributed by atoms with Gasteiger partial charge in [0.1, 0.15) is 12.3 Å². The number of fused-ring (bicyclic) bond motifs is 1. The quantitative estimate of drug-likeness (QED) is 0.556.